The summed E-state index contributed by atoms with van der Waals surface area (Å²) in [6.07, 6.45) is 0.589. The minimum atomic E-state index is -0.782. The van der Waals surface area contributed by atoms with Crippen molar-refractivity contribution in [1.29, 1.82) is 0 Å². The summed E-state index contributed by atoms with van der Waals surface area (Å²) in [7, 11) is 1.60. The number of piperazine rings is 1. The molecular formula is C13H24N2O3. The van der Waals surface area contributed by atoms with Gasteiger partial charge >= 0.3 is 0 Å². The number of rotatable bonds is 5. The molecule has 104 valence electrons. The van der Waals surface area contributed by atoms with Crippen LogP contribution in [-0.2, 0) is 14.3 Å². The Balaban J connectivity index is 3.01. The summed E-state index contributed by atoms with van der Waals surface area (Å²) in [5.74, 6) is 0.0117. The summed E-state index contributed by atoms with van der Waals surface area (Å²) in [6, 6.07) is -0.396. The van der Waals surface area contributed by atoms with Crippen LogP contribution in [0.4, 0.5) is 0 Å². The number of methoxy groups -OCH3 is 1. The van der Waals surface area contributed by atoms with Crippen LogP contribution in [0.15, 0.2) is 0 Å². The number of hydrogen-bond acceptors (Lipinski definition) is 3. The van der Waals surface area contributed by atoms with Crippen LogP contribution in [0.1, 0.15) is 34.1 Å². The van der Waals surface area contributed by atoms with Crippen LogP contribution >= 0.6 is 0 Å². The maximum Gasteiger partial charge on any atom is 0.248 e. The first-order valence-corrected chi connectivity index (χ1v) is 6.49. The highest BCUT2D eigenvalue weighted by Crippen LogP contribution is 2.24. The number of carbonyl (C=O) groups excluding carboxylic acids is 2. The zero-order valence-electron chi connectivity index (χ0n) is 11.9. The first kappa shape index (κ1) is 15.0. The molecule has 1 heterocycles. The Morgan fingerprint density at radius 2 is 2.06 bits per heavy atom. The molecule has 1 saturated heterocycles. The first-order valence-electron chi connectivity index (χ1n) is 6.49. The molecule has 2 unspecified atom stereocenters. The highest BCUT2D eigenvalue weighted by molar-refractivity contribution is 5.99. The van der Waals surface area contributed by atoms with Gasteiger partial charge in [-0.05, 0) is 19.3 Å². The summed E-state index contributed by atoms with van der Waals surface area (Å²) >= 11 is 0. The van der Waals surface area contributed by atoms with E-state index in [-0.39, 0.29) is 17.7 Å². The van der Waals surface area contributed by atoms with E-state index in [0.29, 0.717) is 19.6 Å². The largest absolute Gasteiger partial charge is 0.383 e. The molecule has 1 aliphatic rings. The third-order valence-electron chi connectivity index (χ3n) is 3.61. The second-order valence-corrected chi connectivity index (χ2v) is 5.36. The standard InChI is InChI=1S/C13H24N2O3/c1-6-13(4)12(17)15(7-8-18-5)10(9(2)3)11(16)14-13/h9-10H,6-8H2,1-5H3,(H,14,16). The summed E-state index contributed by atoms with van der Waals surface area (Å²) in [5, 5.41) is 2.86. The quantitative estimate of drug-likeness (QED) is 0.791. The van der Waals surface area contributed by atoms with E-state index in [2.05, 4.69) is 5.32 Å². The lowest BCUT2D eigenvalue weighted by atomic mass is 9.88. The van der Waals surface area contributed by atoms with E-state index < -0.39 is 11.6 Å². The molecule has 1 rings (SSSR count). The molecule has 0 aliphatic carbocycles. The van der Waals surface area contributed by atoms with Crippen molar-refractivity contribution in [2.24, 2.45) is 5.92 Å². The Morgan fingerprint density at radius 3 is 2.50 bits per heavy atom. The molecule has 5 heteroatoms. The minimum absolute atomic E-state index is 0.0136. The summed E-state index contributed by atoms with van der Waals surface area (Å²) in [4.78, 5) is 26.3. The van der Waals surface area contributed by atoms with E-state index in [1.807, 2.05) is 20.8 Å². The third kappa shape index (κ3) is 2.66. The molecule has 0 radical (unpaired) electrons. The molecule has 5 nitrogen and oxygen atoms in total. The van der Waals surface area contributed by atoms with Gasteiger partial charge in [0, 0.05) is 13.7 Å². The van der Waals surface area contributed by atoms with E-state index in [0.717, 1.165) is 0 Å². The van der Waals surface area contributed by atoms with Gasteiger partial charge in [0.2, 0.25) is 11.8 Å². The number of ether oxygens (including phenoxy) is 1. The Bertz CT molecular complexity index is 330. The predicted molar refractivity (Wildman–Crippen MR) is 69.1 cm³/mol. The molecule has 0 aromatic heterocycles. The number of nitrogens with zero attached hydrogens (tertiary/aromatic N) is 1. The van der Waals surface area contributed by atoms with Crippen LogP contribution in [0.25, 0.3) is 0 Å². The van der Waals surface area contributed by atoms with E-state index >= 15 is 0 Å². The molecule has 0 bridgehead atoms. The molecular weight excluding hydrogens is 232 g/mol. The van der Waals surface area contributed by atoms with Gasteiger partial charge in [0.05, 0.1) is 6.61 Å². The summed E-state index contributed by atoms with van der Waals surface area (Å²) < 4.78 is 5.03. The maximum atomic E-state index is 12.5. The molecule has 0 saturated carbocycles. The van der Waals surface area contributed by atoms with Crippen molar-refractivity contribution in [3.05, 3.63) is 0 Å². The highest BCUT2D eigenvalue weighted by atomic mass is 16.5. The predicted octanol–water partition coefficient (Wildman–Crippen LogP) is 0.785. The Morgan fingerprint density at radius 1 is 1.44 bits per heavy atom. The van der Waals surface area contributed by atoms with Gasteiger partial charge in [-0.25, -0.2) is 0 Å². The number of nitrogens with one attached hydrogen (secondary N) is 1. The lowest BCUT2D eigenvalue weighted by Gasteiger charge is -2.45. The van der Waals surface area contributed by atoms with Crippen LogP contribution in [0.2, 0.25) is 0 Å². The smallest absolute Gasteiger partial charge is 0.248 e. The van der Waals surface area contributed by atoms with Gasteiger partial charge < -0.3 is 15.0 Å². The van der Waals surface area contributed by atoms with Gasteiger partial charge in [0.25, 0.3) is 0 Å². The maximum absolute atomic E-state index is 12.5. The molecule has 1 fully saturated rings. The van der Waals surface area contributed by atoms with Crippen LogP contribution < -0.4 is 5.32 Å². The van der Waals surface area contributed by atoms with Crippen LogP contribution in [0.5, 0.6) is 0 Å². The van der Waals surface area contributed by atoms with Crippen molar-refractivity contribution in [1.82, 2.24) is 10.2 Å². The van der Waals surface area contributed by atoms with E-state index in [4.69, 9.17) is 4.74 Å². The lowest BCUT2D eigenvalue weighted by molar-refractivity contribution is -0.157. The number of hydrogen-bond donors (Lipinski definition) is 1. The summed E-state index contributed by atoms with van der Waals surface area (Å²) in [5.41, 5.74) is -0.782. The monoisotopic (exact) mass is 256 g/mol. The van der Waals surface area contributed by atoms with Crippen LogP contribution in [0.3, 0.4) is 0 Å². The van der Waals surface area contributed by atoms with Gasteiger partial charge in [0.1, 0.15) is 11.6 Å². The van der Waals surface area contributed by atoms with Crippen molar-refractivity contribution in [3.63, 3.8) is 0 Å². The first-order chi connectivity index (χ1) is 8.37. The van der Waals surface area contributed by atoms with E-state index in [1.165, 1.54) is 0 Å². The van der Waals surface area contributed by atoms with Gasteiger partial charge in [-0.3, -0.25) is 9.59 Å². The molecule has 0 aromatic carbocycles. The Kier molecular flexibility index (Phi) is 4.73. The second-order valence-electron chi connectivity index (χ2n) is 5.36. The average molecular weight is 256 g/mol. The highest BCUT2D eigenvalue weighted by Gasteiger charge is 2.47. The molecule has 2 atom stereocenters. The number of amides is 2. The van der Waals surface area contributed by atoms with Crippen molar-refractivity contribution >= 4 is 11.8 Å². The van der Waals surface area contributed by atoms with E-state index in [1.54, 1.807) is 18.9 Å². The topological polar surface area (TPSA) is 58.6 Å². The van der Waals surface area contributed by atoms with Gasteiger partial charge in [-0.2, -0.15) is 0 Å². The van der Waals surface area contributed by atoms with Gasteiger partial charge in [-0.15, -0.1) is 0 Å². The third-order valence-corrected chi connectivity index (χ3v) is 3.61. The van der Waals surface area contributed by atoms with Crippen molar-refractivity contribution in [3.8, 4) is 0 Å². The SMILES string of the molecule is CCC1(C)NC(=O)C(C(C)C)N(CCOC)C1=O. The van der Waals surface area contributed by atoms with Gasteiger partial charge in [0.15, 0.2) is 0 Å². The Hall–Kier alpha value is -1.10. The molecule has 0 spiro atoms. The van der Waals surface area contributed by atoms with Gasteiger partial charge in [-0.1, -0.05) is 20.8 Å². The van der Waals surface area contributed by atoms with Crippen molar-refractivity contribution < 1.29 is 14.3 Å². The zero-order chi connectivity index (χ0) is 13.9. The molecule has 0 aromatic rings. The van der Waals surface area contributed by atoms with Crippen LogP contribution in [0, 0.1) is 5.92 Å². The second kappa shape index (κ2) is 5.69. The fourth-order valence-corrected chi connectivity index (χ4v) is 2.32. The van der Waals surface area contributed by atoms with Crippen molar-refractivity contribution in [2.45, 2.75) is 45.7 Å². The fraction of sp³-hybridized carbons (Fsp3) is 0.846. The van der Waals surface area contributed by atoms with Crippen molar-refractivity contribution in [2.75, 3.05) is 20.3 Å². The fourth-order valence-electron chi connectivity index (χ4n) is 2.32. The Labute approximate surface area is 109 Å². The average Bonchev–Trinajstić information content (AvgIpc) is 2.31. The van der Waals surface area contributed by atoms with Crippen LogP contribution in [-0.4, -0.2) is 48.6 Å². The zero-order valence-corrected chi connectivity index (χ0v) is 11.9. The normalized spacial score (nSPS) is 28.8. The molecule has 18 heavy (non-hydrogen) atoms. The van der Waals surface area contributed by atoms with E-state index in [9.17, 15) is 9.59 Å². The molecule has 1 aliphatic heterocycles. The molecule has 1 N–H and O–H groups in total. The summed E-state index contributed by atoms with van der Waals surface area (Å²) in [6.45, 7) is 8.49. The molecule has 2 amide bonds. The minimum Gasteiger partial charge on any atom is -0.383 e. The lowest BCUT2D eigenvalue weighted by Crippen LogP contribution is -2.70. The number of carbonyl (C=O) groups is 2.